The van der Waals surface area contributed by atoms with Crippen LogP contribution in [0.2, 0.25) is 0 Å². The highest BCUT2D eigenvalue weighted by Crippen LogP contribution is 2.27. The van der Waals surface area contributed by atoms with Gasteiger partial charge in [0.15, 0.2) is 11.5 Å². The van der Waals surface area contributed by atoms with E-state index in [2.05, 4.69) is 5.32 Å². The van der Waals surface area contributed by atoms with Gasteiger partial charge in [0, 0.05) is 13.7 Å². The SMILES string of the molecule is COc1ccc(CC(=O)NCC(OC)c2ccsc2)cc1OC. The van der Waals surface area contributed by atoms with Crippen LogP contribution >= 0.6 is 11.3 Å². The Morgan fingerprint density at radius 1 is 1.17 bits per heavy atom. The van der Waals surface area contributed by atoms with Gasteiger partial charge in [-0.15, -0.1) is 0 Å². The van der Waals surface area contributed by atoms with Crippen molar-refractivity contribution in [1.82, 2.24) is 5.32 Å². The van der Waals surface area contributed by atoms with Gasteiger partial charge in [0.1, 0.15) is 6.10 Å². The lowest BCUT2D eigenvalue weighted by Gasteiger charge is -2.15. The molecule has 1 aromatic carbocycles. The standard InChI is InChI=1S/C17H21NO4S/c1-20-14-5-4-12(8-15(14)21-2)9-17(19)18-10-16(22-3)13-6-7-23-11-13/h4-8,11,16H,9-10H2,1-3H3,(H,18,19). The number of rotatable bonds is 8. The number of hydrogen-bond acceptors (Lipinski definition) is 5. The van der Waals surface area contributed by atoms with Crippen LogP contribution in [0.4, 0.5) is 0 Å². The van der Waals surface area contributed by atoms with E-state index in [-0.39, 0.29) is 18.4 Å². The van der Waals surface area contributed by atoms with Crippen LogP contribution in [0.3, 0.4) is 0 Å². The van der Waals surface area contributed by atoms with Crippen molar-refractivity contribution in [2.24, 2.45) is 0 Å². The molecule has 1 aromatic heterocycles. The van der Waals surface area contributed by atoms with Gasteiger partial charge in [-0.3, -0.25) is 4.79 Å². The molecule has 124 valence electrons. The fourth-order valence-corrected chi connectivity index (χ4v) is 2.94. The summed E-state index contributed by atoms with van der Waals surface area (Å²) in [4.78, 5) is 12.1. The first-order valence-corrected chi connectivity index (χ1v) is 8.14. The lowest BCUT2D eigenvalue weighted by atomic mass is 10.1. The highest BCUT2D eigenvalue weighted by Gasteiger charge is 2.13. The molecule has 5 nitrogen and oxygen atoms in total. The largest absolute Gasteiger partial charge is 0.493 e. The summed E-state index contributed by atoms with van der Waals surface area (Å²) < 4.78 is 15.9. The van der Waals surface area contributed by atoms with E-state index in [1.807, 2.05) is 29.0 Å². The number of carbonyl (C=O) groups is 1. The van der Waals surface area contributed by atoms with Gasteiger partial charge in [-0.1, -0.05) is 6.07 Å². The van der Waals surface area contributed by atoms with Crippen molar-refractivity contribution in [1.29, 1.82) is 0 Å². The second kappa shape index (κ2) is 8.55. The Morgan fingerprint density at radius 3 is 2.57 bits per heavy atom. The van der Waals surface area contributed by atoms with Crippen LogP contribution in [0, 0.1) is 0 Å². The van der Waals surface area contributed by atoms with Gasteiger partial charge in [-0.05, 0) is 40.1 Å². The molecule has 2 aromatic rings. The Bertz CT molecular complexity index is 628. The highest BCUT2D eigenvalue weighted by molar-refractivity contribution is 7.07. The number of carbonyl (C=O) groups excluding carboxylic acids is 1. The molecular formula is C17H21NO4S. The van der Waals surface area contributed by atoms with Gasteiger partial charge in [0.05, 0.1) is 20.6 Å². The molecule has 0 spiro atoms. The Labute approximate surface area is 140 Å². The second-order valence-electron chi connectivity index (χ2n) is 4.95. The number of benzene rings is 1. The molecule has 0 saturated carbocycles. The van der Waals surface area contributed by atoms with E-state index in [1.165, 1.54) is 0 Å². The Kier molecular flexibility index (Phi) is 6.43. The highest BCUT2D eigenvalue weighted by atomic mass is 32.1. The maximum Gasteiger partial charge on any atom is 0.224 e. The fraction of sp³-hybridized carbons (Fsp3) is 0.353. The topological polar surface area (TPSA) is 56.8 Å². The minimum absolute atomic E-state index is 0.0606. The zero-order valence-electron chi connectivity index (χ0n) is 13.5. The van der Waals surface area contributed by atoms with Crippen molar-refractivity contribution in [3.8, 4) is 11.5 Å². The first kappa shape index (κ1) is 17.3. The summed E-state index contributed by atoms with van der Waals surface area (Å²) in [5.41, 5.74) is 1.94. The zero-order valence-corrected chi connectivity index (χ0v) is 14.3. The summed E-state index contributed by atoms with van der Waals surface area (Å²) in [5.74, 6) is 1.20. The van der Waals surface area contributed by atoms with Crippen LogP contribution in [0.15, 0.2) is 35.0 Å². The molecule has 0 aliphatic rings. The van der Waals surface area contributed by atoms with Crippen molar-refractivity contribution in [3.63, 3.8) is 0 Å². The van der Waals surface area contributed by atoms with Crippen LogP contribution in [0.25, 0.3) is 0 Å². The number of methoxy groups -OCH3 is 3. The monoisotopic (exact) mass is 335 g/mol. The minimum atomic E-state index is -0.129. The first-order chi connectivity index (χ1) is 11.2. The molecule has 0 radical (unpaired) electrons. The predicted molar refractivity (Wildman–Crippen MR) is 90.3 cm³/mol. The molecule has 0 fully saturated rings. The third kappa shape index (κ3) is 4.71. The minimum Gasteiger partial charge on any atom is -0.493 e. The van der Waals surface area contributed by atoms with Crippen molar-refractivity contribution in [3.05, 3.63) is 46.2 Å². The molecule has 0 bridgehead atoms. The van der Waals surface area contributed by atoms with E-state index in [0.717, 1.165) is 11.1 Å². The summed E-state index contributed by atoms with van der Waals surface area (Å²) in [6, 6.07) is 7.46. The van der Waals surface area contributed by atoms with Gasteiger partial charge in [-0.25, -0.2) is 0 Å². The van der Waals surface area contributed by atoms with E-state index in [9.17, 15) is 4.79 Å². The van der Waals surface area contributed by atoms with Crippen LogP contribution < -0.4 is 14.8 Å². The molecule has 0 aliphatic carbocycles. The summed E-state index contributed by atoms with van der Waals surface area (Å²) >= 11 is 1.61. The van der Waals surface area contributed by atoms with Gasteiger partial charge in [0.25, 0.3) is 0 Å². The number of hydrogen-bond donors (Lipinski definition) is 1. The lowest BCUT2D eigenvalue weighted by Crippen LogP contribution is -2.30. The average Bonchev–Trinajstić information content (AvgIpc) is 3.09. The van der Waals surface area contributed by atoms with E-state index in [4.69, 9.17) is 14.2 Å². The summed E-state index contributed by atoms with van der Waals surface area (Å²) in [7, 11) is 4.80. The zero-order chi connectivity index (χ0) is 16.7. The Balaban J connectivity index is 1.92. The van der Waals surface area contributed by atoms with E-state index < -0.39 is 0 Å². The molecule has 0 aliphatic heterocycles. The molecule has 2 rings (SSSR count). The summed E-state index contributed by atoms with van der Waals surface area (Å²) in [6.45, 7) is 0.444. The summed E-state index contributed by atoms with van der Waals surface area (Å²) in [5, 5.41) is 6.92. The number of amides is 1. The molecule has 1 heterocycles. The van der Waals surface area contributed by atoms with Crippen molar-refractivity contribution < 1.29 is 19.0 Å². The molecule has 1 atom stereocenters. The third-order valence-corrected chi connectivity index (χ3v) is 4.20. The molecule has 1 N–H and O–H groups in total. The second-order valence-corrected chi connectivity index (χ2v) is 5.73. The Morgan fingerprint density at radius 2 is 1.96 bits per heavy atom. The first-order valence-electron chi connectivity index (χ1n) is 7.20. The van der Waals surface area contributed by atoms with Crippen LogP contribution in [-0.2, 0) is 16.0 Å². The quantitative estimate of drug-likeness (QED) is 0.806. The van der Waals surface area contributed by atoms with Crippen molar-refractivity contribution in [2.75, 3.05) is 27.9 Å². The maximum absolute atomic E-state index is 12.1. The van der Waals surface area contributed by atoms with Gasteiger partial charge >= 0.3 is 0 Å². The molecule has 1 unspecified atom stereocenters. The molecule has 6 heteroatoms. The van der Waals surface area contributed by atoms with Crippen LogP contribution in [-0.4, -0.2) is 33.8 Å². The lowest BCUT2D eigenvalue weighted by molar-refractivity contribution is -0.121. The molecular weight excluding hydrogens is 314 g/mol. The average molecular weight is 335 g/mol. The fourth-order valence-electron chi connectivity index (χ4n) is 2.24. The molecule has 23 heavy (non-hydrogen) atoms. The number of ether oxygens (including phenoxy) is 3. The van der Waals surface area contributed by atoms with E-state index in [1.54, 1.807) is 38.7 Å². The van der Waals surface area contributed by atoms with E-state index in [0.29, 0.717) is 18.0 Å². The number of nitrogens with one attached hydrogen (secondary N) is 1. The third-order valence-electron chi connectivity index (χ3n) is 3.50. The predicted octanol–water partition coefficient (Wildman–Crippen LogP) is 2.81. The van der Waals surface area contributed by atoms with Crippen LogP contribution in [0.5, 0.6) is 11.5 Å². The van der Waals surface area contributed by atoms with Crippen molar-refractivity contribution >= 4 is 17.2 Å². The number of thiophene rings is 1. The summed E-state index contributed by atoms with van der Waals surface area (Å²) in [6.07, 6.45) is 0.149. The maximum atomic E-state index is 12.1. The van der Waals surface area contributed by atoms with Gasteiger partial charge in [-0.2, -0.15) is 11.3 Å². The van der Waals surface area contributed by atoms with Crippen molar-refractivity contribution in [2.45, 2.75) is 12.5 Å². The molecule has 0 saturated heterocycles. The van der Waals surface area contributed by atoms with E-state index >= 15 is 0 Å². The van der Waals surface area contributed by atoms with Gasteiger partial charge in [0.2, 0.25) is 5.91 Å². The smallest absolute Gasteiger partial charge is 0.224 e. The Hall–Kier alpha value is -2.05. The normalized spacial score (nSPS) is 11.8. The van der Waals surface area contributed by atoms with Gasteiger partial charge < -0.3 is 19.5 Å². The van der Waals surface area contributed by atoms with Crippen LogP contribution in [0.1, 0.15) is 17.2 Å². The molecule has 1 amide bonds.